The monoisotopic (exact) mass is 370 g/mol. The van der Waals surface area contributed by atoms with Gasteiger partial charge in [0.2, 0.25) is 17.8 Å². The SMILES string of the molecule is CN(CCCNc1nc(NN)nc(N2CCCCC2)n1)Cc1ccccc1. The van der Waals surface area contributed by atoms with Crippen molar-refractivity contribution in [2.24, 2.45) is 5.84 Å². The summed E-state index contributed by atoms with van der Waals surface area (Å²) in [4.78, 5) is 17.8. The van der Waals surface area contributed by atoms with Gasteiger partial charge in [-0.25, -0.2) is 5.84 Å². The molecule has 1 aromatic heterocycles. The quantitative estimate of drug-likeness (QED) is 0.351. The van der Waals surface area contributed by atoms with Gasteiger partial charge in [0.25, 0.3) is 0 Å². The first-order chi connectivity index (χ1) is 13.2. The molecule has 3 rings (SSSR count). The zero-order valence-electron chi connectivity index (χ0n) is 16.1. The summed E-state index contributed by atoms with van der Waals surface area (Å²) in [5, 5.41) is 3.31. The van der Waals surface area contributed by atoms with Gasteiger partial charge in [0, 0.05) is 26.2 Å². The van der Waals surface area contributed by atoms with Gasteiger partial charge in [0.15, 0.2) is 0 Å². The van der Waals surface area contributed by atoms with E-state index in [2.05, 4.69) is 66.8 Å². The molecular formula is C19H30N8. The molecular weight excluding hydrogens is 340 g/mol. The molecule has 27 heavy (non-hydrogen) atoms. The van der Waals surface area contributed by atoms with Crippen molar-refractivity contribution in [1.29, 1.82) is 0 Å². The molecule has 0 atom stereocenters. The van der Waals surface area contributed by atoms with E-state index in [1.165, 1.54) is 24.8 Å². The molecule has 0 aliphatic carbocycles. The van der Waals surface area contributed by atoms with Gasteiger partial charge >= 0.3 is 0 Å². The van der Waals surface area contributed by atoms with Crippen molar-refractivity contribution in [3.63, 3.8) is 0 Å². The van der Waals surface area contributed by atoms with Gasteiger partial charge in [0.05, 0.1) is 0 Å². The number of nitrogens with one attached hydrogen (secondary N) is 2. The van der Waals surface area contributed by atoms with Crippen LogP contribution in [-0.2, 0) is 6.54 Å². The minimum atomic E-state index is 0.397. The number of aromatic nitrogens is 3. The lowest BCUT2D eigenvalue weighted by molar-refractivity contribution is 0.325. The van der Waals surface area contributed by atoms with Crippen molar-refractivity contribution in [3.8, 4) is 0 Å². The van der Waals surface area contributed by atoms with Crippen LogP contribution < -0.4 is 21.5 Å². The second-order valence-corrected chi connectivity index (χ2v) is 6.98. The topological polar surface area (TPSA) is 95.2 Å². The maximum atomic E-state index is 5.53. The Hall–Kier alpha value is -2.45. The van der Waals surface area contributed by atoms with E-state index in [0.717, 1.165) is 39.1 Å². The lowest BCUT2D eigenvalue weighted by atomic mass is 10.1. The molecule has 2 aromatic rings. The molecule has 1 aliphatic rings. The van der Waals surface area contributed by atoms with Crippen LogP contribution in [0.15, 0.2) is 30.3 Å². The predicted octanol–water partition coefficient (Wildman–Crippen LogP) is 2.08. The van der Waals surface area contributed by atoms with Crippen molar-refractivity contribution < 1.29 is 0 Å². The fraction of sp³-hybridized carbons (Fsp3) is 0.526. The molecule has 1 saturated heterocycles. The molecule has 146 valence electrons. The van der Waals surface area contributed by atoms with E-state index < -0.39 is 0 Å². The van der Waals surface area contributed by atoms with Gasteiger partial charge in [-0.1, -0.05) is 30.3 Å². The number of nitrogens with zero attached hydrogens (tertiary/aromatic N) is 5. The maximum absolute atomic E-state index is 5.53. The molecule has 8 heteroatoms. The number of benzene rings is 1. The zero-order chi connectivity index (χ0) is 18.9. The molecule has 8 nitrogen and oxygen atoms in total. The maximum Gasteiger partial charge on any atom is 0.243 e. The van der Waals surface area contributed by atoms with Crippen molar-refractivity contribution in [1.82, 2.24) is 19.9 Å². The average Bonchev–Trinajstić information content (AvgIpc) is 2.72. The van der Waals surface area contributed by atoms with Gasteiger partial charge in [-0.2, -0.15) is 15.0 Å². The summed E-state index contributed by atoms with van der Waals surface area (Å²) in [7, 11) is 2.14. The second-order valence-electron chi connectivity index (χ2n) is 6.98. The third-order valence-corrected chi connectivity index (χ3v) is 4.69. The Morgan fingerprint density at radius 2 is 1.78 bits per heavy atom. The van der Waals surface area contributed by atoms with Gasteiger partial charge in [-0.3, -0.25) is 5.43 Å². The number of rotatable bonds is 9. The number of anilines is 3. The van der Waals surface area contributed by atoms with E-state index in [-0.39, 0.29) is 0 Å². The van der Waals surface area contributed by atoms with E-state index in [0.29, 0.717) is 17.8 Å². The van der Waals surface area contributed by atoms with Gasteiger partial charge < -0.3 is 15.1 Å². The smallest absolute Gasteiger partial charge is 0.243 e. The summed E-state index contributed by atoms with van der Waals surface area (Å²) < 4.78 is 0. The van der Waals surface area contributed by atoms with Crippen LogP contribution in [0, 0.1) is 0 Å². The van der Waals surface area contributed by atoms with Crippen LogP contribution in [0.1, 0.15) is 31.2 Å². The van der Waals surface area contributed by atoms with Crippen LogP contribution in [0.5, 0.6) is 0 Å². The first-order valence-electron chi connectivity index (χ1n) is 9.68. The predicted molar refractivity (Wildman–Crippen MR) is 110 cm³/mol. The Morgan fingerprint density at radius 1 is 1.04 bits per heavy atom. The van der Waals surface area contributed by atoms with Crippen molar-refractivity contribution >= 4 is 17.8 Å². The van der Waals surface area contributed by atoms with E-state index >= 15 is 0 Å². The lowest BCUT2D eigenvalue weighted by Crippen LogP contribution is -2.32. The fourth-order valence-corrected chi connectivity index (χ4v) is 3.27. The summed E-state index contributed by atoms with van der Waals surface area (Å²) in [6, 6.07) is 10.5. The molecule has 1 fully saturated rings. The molecule has 1 aliphatic heterocycles. The highest BCUT2D eigenvalue weighted by Gasteiger charge is 2.16. The Balaban J connectivity index is 1.48. The number of nitrogen functional groups attached to an aromatic ring is 1. The summed E-state index contributed by atoms with van der Waals surface area (Å²) in [5.74, 6) is 7.20. The number of nitrogens with two attached hydrogens (primary N) is 1. The van der Waals surface area contributed by atoms with E-state index in [1.54, 1.807) is 0 Å². The summed E-state index contributed by atoms with van der Waals surface area (Å²) >= 11 is 0. The van der Waals surface area contributed by atoms with Gasteiger partial charge in [0.1, 0.15) is 0 Å². The normalized spacial score (nSPS) is 14.4. The first kappa shape index (κ1) is 19.3. The molecule has 0 saturated carbocycles. The average molecular weight is 371 g/mol. The standard InChI is InChI=1S/C19H30N8/c1-26(15-16-9-4-2-5-10-16)12-8-11-21-17-22-18(25-20)24-19(23-17)27-13-6-3-7-14-27/h2,4-5,9-10H,3,6-8,11-15,20H2,1H3,(H2,21,22,23,24,25). The summed E-state index contributed by atoms with van der Waals surface area (Å²) in [6.45, 7) is 4.71. The largest absolute Gasteiger partial charge is 0.354 e. The van der Waals surface area contributed by atoms with Crippen LogP contribution in [0.3, 0.4) is 0 Å². The van der Waals surface area contributed by atoms with Gasteiger partial charge in [-0.05, 0) is 44.8 Å². The Morgan fingerprint density at radius 3 is 2.52 bits per heavy atom. The molecule has 2 heterocycles. The molecule has 0 radical (unpaired) electrons. The Kier molecular flexibility index (Phi) is 7.18. The number of hydrazine groups is 1. The van der Waals surface area contributed by atoms with Crippen LogP contribution in [-0.4, -0.2) is 53.1 Å². The first-order valence-corrected chi connectivity index (χ1v) is 9.68. The molecule has 0 amide bonds. The Bertz CT molecular complexity index is 687. The van der Waals surface area contributed by atoms with Crippen molar-refractivity contribution in [2.45, 2.75) is 32.2 Å². The Labute approximate surface area is 161 Å². The van der Waals surface area contributed by atoms with Gasteiger partial charge in [-0.15, -0.1) is 0 Å². The van der Waals surface area contributed by atoms with E-state index in [9.17, 15) is 0 Å². The zero-order valence-corrected chi connectivity index (χ0v) is 16.1. The van der Waals surface area contributed by atoms with E-state index in [4.69, 9.17) is 5.84 Å². The van der Waals surface area contributed by atoms with Crippen LogP contribution >= 0.6 is 0 Å². The van der Waals surface area contributed by atoms with Crippen LogP contribution in [0.2, 0.25) is 0 Å². The third-order valence-electron chi connectivity index (χ3n) is 4.69. The molecule has 0 spiro atoms. The van der Waals surface area contributed by atoms with E-state index in [1.807, 2.05) is 6.07 Å². The minimum Gasteiger partial charge on any atom is -0.354 e. The summed E-state index contributed by atoms with van der Waals surface area (Å²) in [5.41, 5.74) is 3.87. The highest BCUT2D eigenvalue weighted by atomic mass is 15.4. The molecule has 1 aromatic carbocycles. The summed E-state index contributed by atoms with van der Waals surface area (Å²) in [6.07, 6.45) is 4.62. The second kappa shape index (κ2) is 10.0. The molecule has 0 bridgehead atoms. The fourth-order valence-electron chi connectivity index (χ4n) is 3.27. The highest BCUT2D eigenvalue weighted by molar-refractivity contribution is 5.43. The number of piperidine rings is 1. The van der Waals surface area contributed by atoms with Crippen molar-refractivity contribution in [2.75, 3.05) is 48.9 Å². The number of hydrogen-bond acceptors (Lipinski definition) is 8. The molecule has 0 unspecified atom stereocenters. The van der Waals surface area contributed by atoms with Crippen LogP contribution in [0.4, 0.5) is 17.8 Å². The van der Waals surface area contributed by atoms with Crippen molar-refractivity contribution in [3.05, 3.63) is 35.9 Å². The third kappa shape index (κ3) is 6.04. The molecule has 4 N–H and O–H groups in total. The lowest BCUT2D eigenvalue weighted by Gasteiger charge is -2.26. The highest BCUT2D eigenvalue weighted by Crippen LogP contribution is 2.18. The van der Waals surface area contributed by atoms with Crippen LogP contribution in [0.25, 0.3) is 0 Å². The minimum absolute atomic E-state index is 0.397. The number of hydrogen-bond donors (Lipinski definition) is 3.